The molecule has 1 rings (SSSR count). The number of carbonyl (C=O) groups is 1. The lowest BCUT2D eigenvalue weighted by Gasteiger charge is -2.38. The summed E-state index contributed by atoms with van der Waals surface area (Å²) in [5.74, 6) is 0. The molecule has 1 heterocycles. The van der Waals surface area contributed by atoms with Gasteiger partial charge in [-0.2, -0.15) is 13.2 Å². The lowest BCUT2D eigenvalue weighted by atomic mass is 10.0. The van der Waals surface area contributed by atoms with Crippen molar-refractivity contribution >= 4 is 6.09 Å². The number of ether oxygens (including phenoxy) is 2. The molecular weight excluding hydrogens is 303 g/mol. The minimum atomic E-state index is -4.24. The molecule has 1 amide bonds. The minimum Gasteiger partial charge on any atom is -0.444 e. The Kier molecular flexibility index (Phi) is 6.49. The lowest BCUT2D eigenvalue weighted by molar-refractivity contribution is -0.137. The molecule has 22 heavy (non-hydrogen) atoms. The summed E-state index contributed by atoms with van der Waals surface area (Å²) >= 11 is 0. The van der Waals surface area contributed by atoms with E-state index < -0.39 is 36.4 Å². The minimum absolute atomic E-state index is 0.0488. The van der Waals surface area contributed by atoms with Crippen LogP contribution in [-0.2, 0) is 9.47 Å². The fourth-order valence-electron chi connectivity index (χ4n) is 2.19. The number of carbonyl (C=O) groups excluding carboxylic acids is 1. The van der Waals surface area contributed by atoms with Crippen LogP contribution in [0.1, 0.15) is 40.0 Å². The molecule has 0 aromatic heterocycles. The van der Waals surface area contributed by atoms with Crippen molar-refractivity contribution in [3.8, 4) is 0 Å². The van der Waals surface area contributed by atoms with E-state index in [0.717, 1.165) is 0 Å². The van der Waals surface area contributed by atoms with E-state index in [2.05, 4.69) is 0 Å². The summed E-state index contributed by atoms with van der Waals surface area (Å²) in [5.41, 5.74) is -0.679. The van der Waals surface area contributed by atoms with E-state index in [9.17, 15) is 23.1 Å². The summed E-state index contributed by atoms with van der Waals surface area (Å²) in [4.78, 5) is 13.5. The molecule has 0 aromatic carbocycles. The van der Waals surface area contributed by atoms with Crippen LogP contribution in [0.4, 0.5) is 18.0 Å². The molecule has 0 spiro atoms. The van der Waals surface area contributed by atoms with Gasteiger partial charge in [0.2, 0.25) is 0 Å². The monoisotopic (exact) mass is 327 g/mol. The Morgan fingerprint density at radius 1 is 1.41 bits per heavy atom. The zero-order chi connectivity index (χ0) is 17.0. The number of nitrogens with zero attached hydrogens (tertiary/aromatic N) is 1. The number of aliphatic hydroxyl groups is 1. The van der Waals surface area contributed by atoms with Gasteiger partial charge in [0.25, 0.3) is 0 Å². The third kappa shape index (κ3) is 6.83. The number of halogens is 3. The Balaban J connectivity index is 2.58. The standard InChI is InChI=1S/C14H24F3NO4/c1-13(2,3)22-12(20)18-7-8-21-9-10(18)11(19)5-4-6-14(15,16)17/h10-11,19H,4-9H2,1-3H3. The molecule has 1 aliphatic heterocycles. The first-order chi connectivity index (χ1) is 9.99. The second kappa shape index (κ2) is 7.50. The highest BCUT2D eigenvalue weighted by Gasteiger charge is 2.36. The van der Waals surface area contributed by atoms with Gasteiger partial charge in [-0.3, -0.25) is 4.90 Å². The lowest BCUT2D eigenvalue weighted by Crippen LogP contribution is -2.55. The zero-order valence-corrected chi connectivity index (χ0v) is 13.2. The zero-order valence-electron chi connectivity index (χ0n) is 13.2. The van der Waals surface area contributed by atoms with Crippen molar-refractivity contribution < 1.29 is 32.5 Å². The summed E-state index contributed by atoms with van der Waals surface area (Å²) < 4.78 is 46.9. The first-order valence-corrected chi connectivity index (χ1v) is 7.32. The summed E-state index contributed by atoms with van der Waals surface area (Å²) in [6, 6.07) is -0.683. The molecule has 2 atom stereocenters. The number of rotatable bonds is 4. The Labute approximate surface area is 128 Å². The van der Waals surface area contributed by atoms with Gasteiger partial charge in [-0.15, -0.1) is 0 Å². The van der Waals surface area contributed by atoms with Crippen molar-refractivity contribution in [3.63, 3.8) is 0 Å². The molecule has 0 bridgehead atoms. The third-order valence-electron chi connectivity index (χ3n) is 3.20. The Morgan fingerprint density at radius 3 is 2.59 bits per heavy atom. The van der Waals surface area contributed by atoms with Crippen LogP contribution in [-0.4, -0.2) is 59.8 Å². The summed E-state index contributed by atoms with van der Waals surface area (Å²) in [6.45, 7) is 5.81. The van der Waals surface area contributed by atoms with Gasteiger partial charge in [-0.05, 0) is 33.6 Å². The number of alkyl halides is 3. The smallest absolute Gasteiger partial charge is 0.410 e. The Hall–Kier alpha value is -1.02. The fourth-order valence-corrected chi connectivity index (χ4v) is 2.19. The van der Waals surface area contributed by atoms with Crippen LogP contribution >= 0.6 is 0 Å². The highest BCUT2D eigenvalue weighted by atomic mass is 19.4. The number of morpholine rings is 1. The van der Waals surface area contributed by atoms with Crippen LogP contribution in [0, 0.1) is 0 Å². The molecule has 1 aliphatic rings. The molecule has 0 aromatic rings. The highest BCUT2D eigenvalue weighted by Crippen LogP contribution is 2.24. The van der Waals surface area contributed by atoms with Gasteiger partial charge in [0.1, 0.15) is 5.60 Å². The molecule has 1 saturated heterocycles. The molecule has 130 valence electrons. The van der Waals surface area contributed by atoms with Gasteiger partial charge in [0.05, 0.1) is 25.4 Å². The highest BCUT2D eigenvalue weighted by molar-refractivity contribution is 5.68. The fraction of sp³-hybridized carbons (Fsp3) is 0.929. The largest absolute Gasteiger partial charge is 0.444 e. The first-order valence-electron chi connectivity index (χ1n) is 7.32. The molecule has 5 nitrogen and oxygen atoms in total. The van der Waals surface area contributed by atoms with Crippen LogP contribution in [0.25, 0.3) is 0 Å². The summed E-state index contributed by atoms with van der Waals surface area (Å²) in [5, 5.41) is 10.1. The summed E-state index contributed by atoms with van der Waals surface area (Å²) in [7, 11) is 0. The number of amides is 1. The summed E-state index contributed by atoms with van der Waals surface area (Å²) in [6.07, 6.45) is -7.10. The molecule has 2 unspecified atom stereocenters. The van der Waals surface area contributed by atoms with Crippen LogP contribution in [0.3, 0.4) is 0 Å². The van der Waals surface area contributed by atoms with Gasteiger partial charge < -0.3 is 14.6 Å². The van der Waals surface area contributed by atoms with E-state index in [1.165, 1.54) is 4.90 Å². The van der Waals surface area contributed by atoms with E-state index >= 15 is 0 Å². The normalized spacial score (nSPS) is 21.6. The van der Waals surface area contributed by atoms with E-state index in [4.69, 9.17) is 9.47 Å². The van der Waals surface area contributed by atoms with E-state index in [-0.39, 0.29) is 26.0 Å². The van der Waals surface area contributed by atoms with Crippen molar-refractivity contribution in [2.75, 3.05) is 19.8 Å². The number of aliphatic hydroxyl groups excluding tert-OH is 1. The average Bonchev–Trinajstić information content (AvgIpc) is 2.35. The Morgan fingerprint density at radius 2 is 2.05 bits per heavy atom. The topological polar surface area (TPSA) is 59.0 Å². The second-order valence-corrected chi connectivity index (χ2v) is 6.39. The van der Waals surface area contributed by atoms with Crippen LogP contribution in [0.2, 0.25) is 0 Å². The van der Waals surface area contributed by atoms with Crippen molar-refractivity contribution in [3.05, 3.63) is 0 Å². The Bertz CT molecular complexity index is 368. The maximum Gasteiger partial charge on any atom is 0.410 e. The van der Waals surface area contributed by atoms with Crippen molar-refractivity contribution in [1.29, 1.82) is 0 Å². The quantitative estimate of drug-likeness (QED) is 0.862. The SMILES string of the molecule is CC(C)(C)OC(=O)N1CCOCC1C(O)CCCC(F)(F)F. The van der Waals surface area contributed by atoms with Crippen LogP contribution in [0.15, 0.2) is 0 Å². The molecule has 1 fully saturated rings. The van der Waals surface area contributed by atoms with Gasteiger partial charge >= 0.3 is 12.3 Å². The molecule has 0 aliphatic carbocycles. The molecule has 0 saturated carbocycles. The average molecular weight is 327 g/mol. The van der Waals surface area contributed by atoms with Crippen LogP contribution < -0.4 is 0 Å². The van der Waals surface area contributed by atoms with Gasteiger partial charge in [-0.25, -0.2) is 4.79 Å². The molecule has 1 N–H and O–H groups in total. The van der Waals surface area contributed by atoms with E-state index in [1.54, 1.807) is 20.8 Å². The maximum absolute atomic E-state index is 12.1. The van der Waals surface area contributed by atoms with Gasteiger partial charge in [0.15, 0.2) is 0 Å². The third-order valence-corrected chi connectivity index (χ3v) is 3.20. The van der Waals surface area contributed by atoms with E-state index in [0.29, 0.717) is 6.61 Å². The van der Waals surface area contributed by atoms with Crippen molar-refractivity contribution in [1.82, 2.24) is 4.90 Å². The predicted molar refractivity (Wildman–Crippen MR) is 73.5 cm³/mol. The number of hydrogen-bond acceptors (Lipinski definition) is 4. The van der Waals surface area contributed by atoms with Crippen molar-refractivity contribution in [2.45, 2.75) is 64.0 Å². The van der Waals surface area contributed by atoms with E-state index in [1.807, 2.05) is 0 Å². The predicted octanol–water partition coefficient (Wildman–Crippen LogP) is 2.72. The molecule has 8 heteroatoms. The molecule has 0 radical (unpaired) electrons. The van der Waals surface area contributed by atoms with Crippen molar-refractivity contribution in [2.24, 2.45) is 0 Å². The maximum atomic E-state index is 12.1. The number of hydrogen-bond donors (Lipinski definition) is 1. The van der Waals surface area contributed by atoms with Gasteiger partial charge in [-0.1, -0.05) is 0 Å². The first kappa shape index (κ1) is 19.0. The van der Waals surface area contributed by atoms with Gasteiger partial charge in [0, 0.05) is 13.0 Å². The van der Waals surface area contributed by atoms with Crippen LogP contribution in [0.5, 0.6) is 0 Å². The molecular formula is C14H24F3NO4. The second-order valence-electron chi connectivity index (χ2n) is 6.39.